The van der Waals surface area contributed by atoms with Gasteiger partial charge in [-0.1, -0.05) is 43.4 Å². The summed E-state index contributed by atoms with van der Waals surface area (Å²) in [6.07, 6.45) is 4.89. The molecule has 0 bridgehead atoms. The number of fused-ring (bicyclic) bond motifs is 5. The Morgan fingerprint density at radius 3 is 2.89 bits per heavy atom. The highest BCUT2D eigenvalue weighted by molar-refractivity contribution is 7.99. The average molecular weight is 421 g/mol. The first-order valence-corrected chi connectivity index (χ1v) is 12.1. The summed E-state index contributed by atoms with van der Waals surface area (Å²) in [5.74, 6) is 1.83. The summed E-state index contributed by atoms with van der Waals surface area (Å²) in [7, 11) is 0. The van der Waals surface area contributed by atoms with Crippen molar-refractivity contribution in [2.24, 2.45) is 0 Å². The van der Waals surface area contributed by atoms with Gasteiger partial charge in [0.1, 0.15) is 4.83 Å². The topological polar surface area (TPSA) is 52.3 Å². The minimum Gasteiger partial charge on any atom is -0.369 e. The molecule has 4 heterocycles. The van der Waals surface area contributed by atoms with Crippen LogP contribution in [0.2, 0.25) is 0 Å². The second-order valence-electron chi connectivity index (χ2n) is 6.94. The fourth-order valence-corrected chi connectivity index (χ4v) is 5.99. The fourth-order valence-electron chi connectivity index (χ4n) is 3.26. The molecule has 0 unspecified atom stereocenters. The quantitative estimate of drug-likeness (QED) is 0.291. The van der Waals surface area contributed by atoms with Crippen molar-refractivity contribution in [3.8, 4) is 0 Å². The maximum atomic E-state index is 6.16. The molecule has 0 radical (unpaired) electrons. The third kappa shape index (κ3) is 3.41. The van der Waals surface area contributed by atoms with Crippen LogP contribution in [-0.2, 0) is 17.8 Å². The van der Waals surface area contributed by atoms with Crippen LogP contribution in [0.25, 0.3) is 15.9 Å². The van der Waals surface area contributed by atoms with Gasteiger partial charge in [-0.05, 0) is 25.3 Å². The number of aromatic nitrogens is 4. The highest BCUT2D eigenvalue weighted by Crippen LogP contribution is 2.42. The first-order valence-electron chi connectivity index (χ1n) is 9.30. The second-order valence-corrected chi connectivity index (χ2v) is 10.1. The lowest BCUT2D eigenvalue weighted by atomic mass is 9.90. The number of hydrogen-bond donors (Lipinski definition) is 0. The maximum absolute atomic E-state index is 6.16. The molecule has 0 fully saturated rings. The van der Waals surface area contributed by atoms with Gasteiger partial charge in [0.2, 0.25) is 0 Å². The van der Waals surface area contributed by atoms with Gasteiger partial charge < -0.3 is 4.74 Å². The first kappa shape index (κ1) is 19.2. The third-order valence-corrected chi connectivity index (χ3v) is 8.10. The third-order valence-electron chi connectivity index (χ3n) is 4.93. The van der Waals surface area contributed by atoms with E-state index in [1.54, 1.807) is 34.9 Å². The van der Waals surface area contributed by atoms with E-state index in [0.29, 0.717) is 6.61 Å². The summed E-state index contributed by atoms with van der Waals surface area (Å²) >= 11 is 5.18. The second kappa shape index (κ2) is 7.73. The van der Waals surface area contributed by atoms with E-state index in [-0.39, 0.29) is 5.60 Å². The average Bonchev–Trinajstić information content (AvgIpc) is 3.25. The lowest BCUT2D eigenvalue weighted by Gasteiger charge is -2.33. The molecule has 0 saturated heterocycles. The van der Waals surface area contributed by atoms with Gasteiger partial charge in [0, 0.05) is 22.8 Å². The Hall–Kier alpha value is -1.09. The molecule has 144 valence electrons. The van der Waals surface area contributed by atoms with Crippen molar-refractivity contribution in [2.45, 2.75) is 62.6 Å². The minimum absolute atomic E-state index is 0.117. The Morgan fingerprint density at radius 1 is 1.30 bits per heavy atom. The highest BCUT2D eigenvalue weighted by Gasteiger charge is 2.33. The van der Waals surface area contributed by atoms with Gasteiger partial charge in [-0.25, -0.2) is 9.38 Å². The van der Waals surface area contributed by atoms with Crippen LogP contribution in [-0.4, -0.2) is 36.7 Å². The summed E-state index contributed by atoms with van der Waals surface area (Å²) in [6.45, 7) is 11.1. The summed E-state index contributed by atoms with van der Waals surface area (Å²) in [5.41, 5.74) is 2.17. The number of rotatable bonds is 7. The van der Waals surface area contributed by atoms with Crippen LogP contribution in [0, 0.1) is 0 Å². The molecule has 0 aromatic carbocycles. The summed E-state index contributed by atoms with van der Waals surface area (Å²) in [4.78, 5) is 7.37. The normalized spacial score (nSPS) is 19.7. The number of nitrogens with zero attached hydrogens (tertiary/aromatic N) is 4. The van der Waals surface area contributed by atoms with Gasteiger partial charge in [0.15, 0.2) is 16.0 Å². The summed E-state index contributed by atoms with van der Waals surface area (Å²) in [6, 6.07) is 0. The molecule has 0 saturated carbocycles. The van der Waals surface area contributed by atoms with Crippen LogP contribution < -0.4 is 0 Å². The van der Waals surface area contributed by atoms with Crippen molar-refractivity contribution in [3.05, 3.63) is 23.1 Å². The van der Waals surface area contributed by atoms with Crippen molar-refractivity contribution in [1.82, 2.24) is 19.6 Å². The molecule has 3 aromatic heterocycles. The first-order chi connectivity index (χ1) is 13.1. The van der Waals surface area contributed by atoms with Crippen LogP contribution in [0.4, 0.5) is 0 Å². The van der Waals surface area contributed by atoms with Crippen LogP contribution >= 0.6 is 34.9 Å². The molecule has 27 heavy (non-hydrogen) atoms. The van der Waals surface area contributed by atoms with Crippen molar-refractivity contribution in [2.75, 3.05) is 11.5 Å². The van der Waals surface area contributed by atoms with Crippen molar-refractivity contribution in [3.63, 3.8) is 0 Å². The van der Waals surface area contributed by atoms with Crippen molar-refractivity contribution < 1.29 is 4.74 Å². The standard InChI is InChI=1S/C19H24N4OS3/c1-5-8-25-17-20-16-14(15-21-22-18(23(15)17)26-9-6-2)12-10-19(4,7-3)24-11-13(12)27-16/h6H,2,5,7-11H2,1,3-4H3/t19-/m1/s1. The molecule has 1 aliphatic heterocycles. The molecule has 8 heteroatoms. The monoisotopic (exact) mass is 420 g/mol. The summed E-state index contributed by atoms with van der Waals surface area (Å²) < 4.78 is 8.30. The Kier molecular flexibility index (Phi) is 5.51. The van der Waals surface area contributed by atoms with E-state index in [2.05, 4.69) is 41.9 Å². The Labute approximate surface area is 172 Å². The zero-order chi connectivity index (χ0) is 19.0. The van der Waals surface area contributed by atoms with E-state index in [1.165, 1.54) is 10.4 Å². The van der Waals surface area contributed by atoms with E-state index < -0.39 is 0 Å². The molecular formula is C19H24N4OS3. The van der Waals surface area contributed by atoms with Crippen molar-refractivity contribution in [1.29, 1.82) is 0 Å². The Balaban J connectivity index is 1.93. The molecule has 0 spiro atoms. The Morgan fingerprint density at radius 2 is 2.15 bits per heavy atom. The predicted octanol–water partition coefficient (Wildman–Crippen LogP) is 5.36. The fraction of sp³-hybridized carbons (Fsp3) is 0.526. The largest absolute Gasteiger partial charge is 0.369 e. The molecule has 3 aromatic rings. The molecular weight excluding hydrogens is 396 g/mol. The van der Waals surface area contributed by atoms with E-state index in [0.717, 1.165) is 56.9 Å². The van der Waals surface area contributed by atoms with E-state index in [9.17, 15) is 0 Å². The predicted molar refractivity (Wildman–Crippen MR) is 115 cm³/mol. The molecule has 0 amide bonds. The lowest BCUT2D eigenvalue weighted by molar-refractivity contribution is -0.0542. The molecule has 5 nitrogen and oxygen atoms in total. The lowest BCUT2D eigenvalue weighted by Crippen LogP contribution is -2.33. The molecule has 0 N–H and O–H groups in total. The SMILES string of the molecule is C=CCSc1nnc2c3c4c(sc3nc(SCCC)n12)CO[C@](C)(CC)C4. The van der Waals surface area contributed by atoms with Crippen LogP contribution in [0.5, 0.6) is 0 Å². The van der Waals surface area contributed by atoms with Gasteiger partial charge in [-0.3, -0.25) is 0 Å². The maximum Gasteiger partial charge on any atom is 0.198 e. The van der Waals surface area contributed by atoms with Gasteiger partial charge in [0.05, 0.1) is 17.6 Å². The van der Waals surface area contributed by atoms with E-state index in [1.807, 2.05) is 6.08 Å². The Bertz CT molecular complexity index is 996. The number of thiophene rings is 1. The van der Waals surface area contributed by atoms with Crippen LogP contribution in [0.1, 0.15) is 44.1 Å². The van der Waals surface area contributed by atoms with Gasteiger partial charge in [-0.2, -0.15) is 0 Å². The molecule has 4 rings (SSSR count). The molecule has 1 aliphatic rings. The van der Waals surface area contributed by atoms with Crippen LogP contribution in [0.3, 0.4) is 0 Å². The minimum atomic E-state index is -0.117. The van der Waals surface area contributed by atoms with Gasteiger partial charge >= 0.3 is 0 Å². The van der Waals surface area contributed by atoms with Gasteiger partial charge in [-0.15, -0.1) is 28.1 Å². The smallest absolute Gasteiger partial charge is 0.198 e. The van der Waals surface area contributed by atoms with E-state index in [4.69, 9.17) is 9.72 Å². The number of ether oxygens (including phenoxy) is 1. The molecule has 1 atom stereocenters. The zero-order valence-electron chi connectivity index (χ0n) is 15.9. The van der Waals surface area contributed by atoms with Crippen LogP contribution in [0.15, 0.2) is 23.0 Å². The zero-order valence-corrected chi connectivity index (χ0v) is 18.4. The highest BCUT2D eigenvalue weighted by atomic mass is 32.2. The van der Waals surface area contributed by atoms with Crippen molar-refractivity contribution >= 4 is 50.7 Å². The number of thioether (sulfide) groups is 2. The molecule has 0 aliphatic carbocycles. The summed E-state index contributed by atoms with van der Waals surface area (Å²) in [5, 5.41) is 12.1. The number of hydrogen-bond acceptors (Lipinski definition) is 7. The van der Waals surface area contributed by atoms with E-state index >= 15 is 0 Å². The van der Waals surface area contributed by atoms with Gasteiger partial charge in [0.25, 0.3) is 0 Å².